The van der Waals surface area contributed by atoms with E-state index in [9.17, 15) is 8.42 Å². The Balaban J connectivity index is 3.22. The minimum atomic E-state index is -3.47. The molecule has 0 bridgehead atoms. The maximum atomic E-state index is 11.0. The topological polar surface area (TPSA) is 34.1 Å². The van der Waals surface area contributed by atoms with Crippen LogP contribution in [0.15, 0.2) is 12.1 Å². The second-order valence-corrected chi connectivity index (χ2v) is 6.51. The first-order valence-electron chi connectivity index (χ1n) is 4.85. The van der Waals surface area contributed by atoms with E-state index in [4.69, 9.17) is 10.7 Å². The van der Waals surface area contributed by atoms with Gasteiger partial charge in [-0.1, -0.05) is 19.1 Å². The van der Waals surface area contributed by atoms with E-state index in [2.05, 4.69) is 6.07 Å². The molecule has 1 aromatic rings. The molecule has 1 aromatic carbocycles. The molecule has 0 saturated carbocycles. The summed E-state index contributed by atoms with van der Waals surface area (Å²) in [5.41, 5.74) is 4.08. The molecule has 0 aromatic heterocycles. The van der Waals surface area contributed by atoms with Crippen LogP contribution in [0.1, 0.15) is 29.2 Å². The molecule has 0 amide bonds. The number of hydrogen-bond acceptors (Lipinski definition) is 2. The van der Waals surface area contributed by atoms with Gasteiger partial charge in [0.15, 0.2) is 0 Å². The first kappa shape index (κ1) is 12.5. The summed E-state index contributed by atoms with van der Waals surface area (Å²) in [4.78, 5) is 0. The van der Waals surface area contributed by atoms with Gasteiger partial charge >= 0.3 is 0 Å². The Morgan fingerprint density at radius 1 is 1.27 bits per heavy atom. The van der Waals surface area contributed by atoms with Gasteiger partial charge in [-0.3, -0.25) is 0 Å². The van der Waals surface area contributed by atoms with Crippen LogP contribution in [0, 0.1) is 13.8 Å². The highest BCUT2D eigenvalue weighted by Crippen LogP contribution is 2.20. The highest BCUT2D eigenvalue weighted by Gasteiger charge is 2.11. The second kappa shape index (κ2) is 4.54. The number of hydrogen-bond donors (Lipinski definition) is 0. The number of rotatable bonds is 3. The summed E-state index contributed by atoms with van der Waals surface area (Å²) in [5, 5.41) is 0. The summed E-state index contributed by atoms with van der Waals surface area (Å²) in [5.74, 6) is -0.0882. The SMILES string of the molecule is CCc1cc(C)c(C)c(CS(=O)(=O)Cl)c1. The summed E-state index contributed by atoms with van der Waals surface area (Å²) in [6.45, 7) is 5.95. The first-order valence-corrected chi connectivity index (χ1v) is 7.32. The fraction of sp³-hybridized carbons (Fsp3) is 0.455. The van der Waals surface area contributed by atoms with Crippen molar-refractivity contribution in [3.05, 3.63) is 34.4 Å². The molecule has 0 aliphatic heterocycles. The van der Waals surface area contributed by atoms with Crippen LogP contribution in [0.3, 0.4) is 0 Å². The van der Waals surface area contributed by atoms with Crippen LogP contribution in [0.5, 0.6) is 0 Å². The van der Waals surface area contributed by atoms with Gasteiger partial charge in [0.1, 0.15) is 0 Å². The molecule has 0 aliphatic rings. The van der Waals surface area contributed by atoms with Crippen molar-refractivity contribution in [2.75, 3.05) is 0 Å². The zero-order valence-corrected chi connectivity index (χ0v) is 10.7. The van der Waals surface area contributed by atoms with E-state index in [0.717, 1.165) is 28.7 Å². The normalized spacial score (nSPS) is 11.7. The van der Waals surface area contributed by atoms with Gasteiger partial charge in [0.05, 0.1) is 5.75 Å². The lowest BCUT2D eigenvalue weighted by Gasteiger charge is -2.09. The minimum Gasteiger partial charge on any atom is -0.212 e. The van der Waals surface area contributed by atoms with Crippen molar-refractivity contribution >= 4 is 19.7 Å². The van der Waals surface area contributed by atoms with Gasteiger partial charge in [-0.25, -0.2) is 8.42 Å². The van der Waals surface area contributed by atoms with Crippen molar-refractivity contribution < 1.29 is 8.42 Å². The average molecular weight is 247 g/mol. The predicted octanol–water partition coefficient (Wildman–Crippen LogP) is 2.93. The Kier molecular flexibility index (Phi) is 3.79. The van der Waals surface area contributed by atoms with Gasteiger partial charge in [0.2, 0.25) is 9.05 Å². The Hall–Kier alpha value is -0.540. The average Bonchev–Trinajstić information content (AvgIpc) is 2.10. The zero-order chi connectivity index (χ0) is 11.6. The van der Waals surface area contributed by atoms with Gasteiger partial charge in [-0.2, -0.15) is 0 Å². The summed E-state index contributed by atoms with van der Waals surface area (Å²) in [6, 6.07) is 4.00. The van der Waals surface area contributed by atoms with Crippen molar-refractivity contribution in [3.8, 4) is 0 Å². The van der Waals surface area contributed by atoms with E-state index in [1.807, 2.05) is 26.8 Å². The Labute approximate surface area is 95.7 Å². The molecule has 0 unspecified atom stereocenters. The molecule has 0 spiro atoms. The predicted molar refractivity (Wildman–Crippen MR) is 63.8 cm³/mol. The van der Waals surface area contributed by atoms with Gasteiger partial charge in [-0.05, 0) is 42.5 Å². The van der Waals surface area contributed by atoms with Crippen molar-refractivity contribution in [1.29, 1.82) is 0 Å². The van der Waals surface area contributed by atoms with Crippen LogP contribution in [-0.4, -0.2) is 8.42 Å². The third kappa shape index (κ3) is 3.50. The molecule has 0 N–H and O–H groups in total. The summed E-state index contributed by atoms with van der Waals surface area (Å²) < 4.78 is 22.1. The van der Waals surface area contributed by atoms with Crippen LogP contribution in [0.4, 0.5) is 0 Å². The van der Waals surface area contributed by atoms with E-state index in [1.165, 1.54) is 0 Å². The van der Waals surface area contributed by atoms with E-state index >= 15 is 0 Å². The Morgan fingerprint density at radius 2 is 1.87 bits per heavy atom. The third-order valence-corrected chi connectivity index (χ3v) is 3.55. The number of benzene rings is 1. The molecule has 4 heteroatoms. The second-order valence-electron chi connectivity index (χ2n) is 3.73. The molecule has 1 rings (SSSR count). The molecule has 0 aliphatic carbocycles. The fourth-order valence-corrected chi connectivity index (χ4v) is 2.58. The molecule has 0 fully saturated rings. The third-order valence-electron chi connectivity index (χ3n) is 2.57. The van der Waals surface area contributed by atoms with Crippen LogP contribution >= 0.6 is 10.7 Å². The highest BCUT2D eigenvalue weighted by molar-refractivity contribution is 8.13. The van der Waals surface area contributed by atoms with Crippen LogP contribution in [-0.2, 0) is 21.2 Å². The van der Waals surface area contributed by atoms with Crippen LogP contribution < -0.4 is 0 Å². The van der Waals surface area contributed by atoms with E-state index < -0.39 is 9.05 Å². The molecule has 0 radical (unpaired) electrons. The molecule has 84 valence electrons. The van der Waals surface area contributed by atoms with Crippen molar-refractivity contribution in [3.63, 3.8) is 0 Å². The maximum absolute atomic E-state index is 11.0. The highest BCUT2D eigenvalue weighted by atomic mass is 35.7. The summed E-state index contributed by atoms with van der Waals surface area (Å²) in [6.07, 6.45) is 0.899. The smallest absolute Gasteiger partial charge is 0.212 e. The lowest BCUT2D eigenvalue weighted by atomic mass is 9.99. The first-order chi connectivity index (χ1) is 6.83. The van der Waals surface area contributed by atoms with Gasteiger partial charge in [0, 0.05) is 10.7 Å². The molecule has 15 heavy (non-hydrogen) atoms. The van der Waals surface area contributed by atoms with Gasteiger partial charge in [0.25, 0.3) is 0 Å². The molecule has 2 nitrogen and oxygen atoms in total. The fourth-order valence-electron chi connectivity index (χ4n) is 1.55. The molecule has 0 saturated heterocycles. The van der Waals surface area contributed by atoms with Crippen LogP contribution in [0.25, 0.3) is 0 Å². The lowest BCUT2D eigenvalue weighted by Crippen LogP contribution is -2.00. The summed E-state index contributed by atoms with van der Waals surface area (Å²) in [7, 11) is 1.79. The molecule has 0 heterocycles. The largest absolute Gasteiger partial charge is 0.236 e. The summed E-state index contributed by atoms with van der Waals surface area (Å²) >= 11 is 0. The quantitative estimate of drug-likeness (QED) is 0.769. The lowest BCUT2D eigenvalue weighted by molar-refractivity contribution is 0.608. The van der Waals surface area contributed by atoms with E-state index in [1.54, 1.807) is 0 Å². The van der Waals surface area contributed by atoms with Crippen molar-refractivity contribution in [1.82, 2.24) is 0 Å². The van der Waals surface area contributed by atoms with Gasteiger partial charge in [-0.15, -0.1) is 0 Å². The molecular formula is C11H15ClO2S. The number of aryl methyl sites for hydroxylation is 2. The van der Waals surface area contributed by atoms with E-state index in [-0.39, 0.29) is 5.75 Å². The maximum Gasteiger partial charge on any atom is 0.236 e. The van der Waals surface area contributed by atoms with Gasteiger partial charge < -0.3 is 0 Å². The molecular weight excluding hydrogens is 232 g/mol. The van der Waals surface area contributed by atoms with Crippen LogP contribution in [0.2, 0.25) is 0 Å². The molecule has 0 atom stereocenters. The van der Waals surface area contributed by atoms with Crippen molar-refractivity contribution in [2.45, 2.75) is 32.9 Å². The Morgan fingerprint density at radius 3 is 2.33 bits per heavy atom. The monoisotopic (exact) mass is 246 g/mol. The Bertz CT molecular complexity index is 464. The minimum absolute atomic E-state index is 0.0882. The van der Waals surface area contributed by atoms with Crippen molar-refractivity contribution in [2.24, 2.45) is 0 Å². The zero-order valence-electron chi connectivity index (χ0n) is 9.17. The standard InChI is InChI=1S/C11H15ClO2S/c1-4-10-5-8(2)9(3)11(6-10)7-15(12,13)14/h5-6H,4,7H2,1-3H3. The van der Waals surface area contributed by atoms with E-state index in [0.29, 0.717) is 0 Å². The number of halogens is 1.